The van der Waals surface area contributed by atoms with E-state index in [1.165, 1.54) is 7.11 Å². The third-order valence-corrected chi connectivity index (χ3v) is 7.73. The lowest BCUT2D eigenvalue weighted by atomic mass is 10.0. The Kier molecular flexibility index (Phi) is 8.21. The number of nitrogens with one attached hydrogen (secondary N) is 2. The molecular weight excluding hydrogens is 554 g/mol. The lowest BCUT2D eigenvalue weighted by Crippen LogP contribution is -2.58. The van der Waals surface area contributed by atoms with Gasteiger partial charge < -0.3 is 39.2 Å². The second-order valence-electron chi connectivity index (χ2n) is 10.6. The number of carbonyl (C=O) groups is 3. The van der Waals surface area contributed by atoms with Gasteiger partial charge in [0.05, 0.1) is 13.2 Å². The van der Waals surface area contributed by atoms with Crippen LogP contribution >= 0.6 is 0 Å². The molecule has 6 aliphatic rings. The number of likely N-dealkylation sites (tertiary alicyclic amines) is 1. The molecule has 11 nitrogen and oxygen atoms in total. The molecule has 0 unspecified atom stereocenters. The number of carbonyl (C=O) groups excluding carboxylic acids is 3. The summed E-state index contributed by atoms with van der Waals surface area (Å²) in [7, 11) is 1.53. The molecule has 1 saturated heterocycles. The Morgan fingerprint density at radius 2 is 1.67 bits per heavy atom. The van der Waals surface area contributed by atoms with Crippen molar-refractivity contribution < 1.29 is 38.1 Å². The van der Waals surface area contributed by atoms with Crippen molar-refractivity contribution in [1.29, 1.82) is 0 Å². The number of hydrogen-bond acceptors (Lipinski definition) is 8. The summed E-state index contributed by atoms with van der Waals surface area (Å²) in [5.74, 6) is 2.05. The summed E-state index contributed by atoms with van der Waals surface area (Å²) < 4.78 is 28.4. The van der Waals surface area contributed by atoms with E-state index in [0.29, 0.717) is 66.7 Å². The number of hydrogen-bond donors (Lipinski definition) is 2. The fourth-order valence-electron chi connectivity index (χ4n) is 5.39. The van der Waals surface area contributed by atoms with Gasteiger partial charge in [0.15, 0.2) is 29.6 Å². The van der Waals surface area contributed by atoms with Gasteiger partial charge in [0, 0.05) is 38.0 Å². The van der Waals surface area contributed by atoms with Crippen LogP contribution in [-0.4, -0.2) is 68.4 Å². The topological polar surface area (TPSA) is 125 Å². The molecule has 0 radical (unpaired) electrons. The van der Waals surface area contributed by atoms with Gasteiger partial charge in [0.1, 0.15) is 11.9 Å². The van der Waals surface area contributed by atoms with Gasteiger partial charge in [-0.25, -0.2) is 0 Å². The molecule has 43 heavy (non-hydrogen) atoms. The van der Waals surface area contributed by atoms with E-state index >= 15 is 0 Å². The second-order valence-corrected chi connectivity index (χ2v) is 10.6. The van der Waals surface area contributed by atoms with Crippen molar-refractivity contribution in [3.63, 3.8) is 0 Å². The molecule has 0 saturated carbocycles. The fourth-order valence-corrected chi connectivity index (χ4v) is 5.39. The summed E-state index contributed by atoms with van der Waals surface area (Å²) in [5.41, 5.74) is 2.33. The van der Waals surface area contributed by atoms with Gasteiger partial charge in [-0.1, -0.05) is 18.2 Å². The van der Waals surface area contributed by atoms with Crippen LogP contribution in [0.15, 0.2) is 60.7 Å². The molecule has 6 heterocycles. The highest BCUT2D eigenvalue weighted by molar-refractivity contribution is 5.95. The maximum absolute atomic E-state index is 13.5. The van der Waals surface area contributed by atoms with Crippen LogP contribution in [0.25, 0.3) is 0 Å². The number of methoxy groups -OCH3 is 1. The van der Waals surface area contributed by atoms with Crippen molar-refractivity contribution in [3.8, 4) is 28.7 Å². The minimum atomic E-state index is -0.503. The number of nitrogens with zero attached hydrogens (tertiary/aromatic N) is 1. The molecule has 3 aromatic carbocycles. The van der Waals surface area contributed by atoms with E-state index < -0.39 is 12.1 Å². The first-order chi connectivity index (χ1) is 20.9. The molecular formula is C32H33N3O8. The Balaban J connectivity index is 1.22. The fraction of sp³-hybridized carbons (Fsp3) is 0.344. The molecule has 0 aliphatic carbocycles. The molecule has 3 amide bonds. The minimum absolute atomic E-state index is 0.0596. The predicted octanol–water partition coefficient (Wildman–Crippen LogP) is 2.84. The summed E-state index contributed by atoms with van der Waals surface area (Å²) in [6, 6.07) is 17.5. The number of aryl methyl sites for hydroxylation is 1. The average molecular weight is 588 g/mol. The number of ether oxygens (including phenoxy) is 5. The molecule has 11 heteroatoms. The highest BCUT2D eigenvalue weighted by atomic mass is 16.7. The van der Waals surface area contributed by atoms with Crippen LogP contribution < -0.4 is 34.3 Å². The molecule has 0 spiro atoms. The van der Waals surface area contributed by atoms with Gasteiger partial charge in [-0.15, -0.1) is 0 Å². The maximum Gasteiger partial charge on any atom is 0.258 e. The zero-order valence-corrected chi connectivity index (χ0v) is 23.8. The third kappa shape index (κ3) is 6.61. The second kappa shape index (κ2) is 12.5. The van der Waals surface area contributed by atoms with E-state index in [0.717, 1.165) is 11.1 Å². The molecule has 0 aromatic heterocycles. The third-order valence-electron chi connectivity index (χ3n) is 7.73. The van der Waals surface area contributed by atoms with Crippen LogP contribution in [0.3, 0.4) is 0 Å². The molecule has 1 fully saturated rings. The van der Waals surface area contributed by atoms with Gasteiger partial charge in [0.25, 0.3) is 11.8 Å². The monoisotopic (exact) mass is 587 g/mol. The highest BCUT2D eigenvalue weighted by Crippen LogP contribution is 2.33. The number of rotatable bonds is 2. The maximum atomic E-state index is 13.5. The summed E-state index contributed by atoms with van der Waals surface area (Å²) in [4.78, 5) is 40.8. The molecule has 224 valence electrons. The van der Waals surface area contributed by atoms with Crippen LogP contribution in [0.5, 0.6) is 28.7 Å². The van der Waals surface area contributed by atoms with Crippen molar-refractivity contribution in [1.82, 2.24) is 15.5 Å². The zero-order chi connectivity index (χ0) is 29.8. The quantitative estimate of drug-likeness (QED) is 0.469. The first kappa shape index (κ1) is 28.2. The lowest BCUT2D eigenvalue weighted by molar-refractivity contribution is -0.125. The molecule has 4 bridgehead atoms. The normalized spacial score (nSPS) is 20.3. The number of fused-ring (bicyclic) bond motifs is 1. The van der Waals surface area contributed by atoms with Crippen molar-refractivity contribution in [2.45, 2.75) is 38.0 Å². The zero-order valence-electron chi connectivity index (χ0n) is 23.8. The van der Waals surface area contributed by atoms with E-state index in [9.17, 15) is 14.4 Å². The number of amides is 3. The minimum Gasteiger partial charge on any atom is -0.493 e. The van der Waals surface area contributed by atoms with E-state index in [2.05, 4.69) is 10.6 Å². The Hall–Kier alpha value is -4.93. The molecule has 9 rings (SSSR count). The summed E-state index contributed by atoms with van der Waals surface area (Å²) in [6.45, 7) is 0.943. The number of piperidine rings is 1. The van der Waals surface area contributed by atoms with E-state index in [1.54, 1.807) is 29.2 Å². The molecule has 2 N–H and O–H groups in total. The van der Waals surface area contributed by atoms with Gasteiger partial charge >= 0.3 is 0 Å². The van der Waals surface area contributed by atoms with Crippen LogP contribution in [0.4, 0.5) is 0 Å². The van der Waals surface area contributed by atoms with Crippen molar-refractivity contribution >= 4 is 17.7 Å². The van der Waals surface area contributed by atoms with Crippen molar-refractivity contribution in [2.75, 3.05) is 33.6 Å². The molecule has 6 aliphatic heterocycles. The van der Waals surface area contributed by atoms with Crippen LogP contribution in [0.1, 0.15) is 34.3 Å². The first-order valence-corrected chi connectivity index (χ1v) is 14.3. The van der Waals surface area contributed by atoms with Crippen LogP contribution in [0.2, 0.25) is 0 Å². The van der Waals surface area contributed by atoms with Crippen LogP contribution in [-0.2, 0) is 22.6 Å². The largest absolute Gasteiger partial charge is 0.493 e. The highest BCUT2D eigenvalue weighted by Gasteiger charge is 2.35. The lowest BCUT2D eigenvalue weighted by Gasteiger charge is -2.39. The smallest absolute Gasteiger partial charge is 0.258 e. The Labute approximate surface area is 249 Å². The van der Waals surface area contributed by atoms with Crippen LogP contribution in [0, 0.1) is 0 Å². The summed E-state index contributed by atoms with van der Waals surface area (Å²) >= 11 is 0. The van der Waals surface area contributed by atoms with Gasteiger partial charge in [-0.2, -0.15) is 0 Å². The molecule has 3 aromatic rings. The van der Waals surface area contributed by atoms with Gasteiger partial charge in [-0.3, -0.25) is 14.4 Å². The standard InChI is InChI=1S/C32H33N3O8/c1-39-28-14-20-4-9-26(28)40-18-31(37)34-24-17-35(32(38)22-6-10-27-29(15-22)42-19-41-27)13-12-25(24)43-23-7-2-21(3-8-23)16-33-30(36)11-5-20/h2-4,6-10,14-15,24-25H,5,11-13,16-19H2,1H3,(H,33,36)(H,34,37)/t24-,25-/m1/s1. The van der Waals surface area contributed by atoms with Crippen molar-refractivity contribution in [3.05, 3.63) is 77.4 Å². The SMILES string of the molecule is COc1cc2ccc1OCC(=O)N[C@@H]1CN(C(=O)c3ccc4c(c3)OCO4)CC[C@H]1Oc1ccc(cc1)CNC(=O)CC2. The van der Waals surface area contributed by atoms with E-state index in [4.69, 9.17) is 23.7 Å². The molecule has 2 atom stereocenters. The van der Waals surface area contributed by atoms with E-state index in [1.807, 2.05) is 36.4 Å². The predicted molar refractivity (Wildman–Crippen MR) is 155 cm³/mol. The summed E-state index contributed by atoms with van der Waals surface area (Å²) in [5, 5.41) is 5.99. The van der Waals surface area contributed by atoms with E-state index in [-0.39, 0.29) is 37.7 Å². The van der Waals surface area contributed by atoms with Gasteiger partial charge in [0.2, 0.25) is 12.7 Å². The first-order valence-electron chi connectivity index (χ1n) is 14.3. The Morgan fingerprint density at radius 3 is 2.51 bits per heavy atom. The Morgan fingerprint density at radius 1 is 0.884 bits per heavy atom. The summed E-state index contributed by atoms with van der Waals surface area (Å²) in [6.07, 6.45) is 0.953. The Bertz CT molecular complexity index is 1510. The average Bonchev–Trinajstić information content (AvgIpc) is 3.51. The number of benzene rings is 3. The van der Waals surface area contributed by atoms with Gasteiger partial charge in [-0.05, 0) is 60.0 Å². The van der Waals surface area contributed by atoms with Crippen molar-refractivity contribution in [2.24, 2.45) is 0 Å².